The molecule has 4 aromatic rings. The van der Waals surface area contributed by atoms with Gasteiger partial charge in [-0.25, -0.2) is 4.68 Å². The molecule has 5 rings (SSSR count). The third kappa shape index (κ3) is 4.23. The van der Waals surface area contributed by atoms with Crippen molar-refractivity contribution in [2.24, 2.45) is 0 Å². The number of methoxy groups -OCH3 is 2. The zero-order valence-electron chi connectivity index (χ0n) is 18.5. The van der Waals surface area contributed by atoms with E-state index in [4.69, 9.17) is 14.0 Å². The highest BCUT2D eigenvalue weighted by atomic mass is 16.5. The summed E-state index contributed by atoms with van der Waals surface area (Å²) in [7, 11) is 3.17. The van der Waals surface area contributed by atoms with E-state index in [-0.39, 0.29) is 5.91 Å². The van der Waals surface area contributed by atoms with Crippen LogP contribution < -0.4 is 9.47 Å². The average Bonchev–Trinajstić information content (AvgIpc) is 3.62. The topological polar surface area (TPSA) is 108 Å². The van der Waals surface area contributed by atoms with Crippen molar-refractivity contribution >= 4 is 16.9 Å². The van der Waals surface area contributed by atoms with Gasteiger partial charge in [0.05, 0.1) is 26.3 Å². The number of fused-ring (bicyclic) bond motifs is 1. The van der Waals surface area contributed by atoms with E-state index in [1.54, 1.807) is 37.1 Å². The van der Waals surface area contributed by atoms with E-state index in [1.165, 1.54) is 0 Å². The lowest BCUT2D eigenvalue weighted by molar-refractivity contribution is -0.130. The molecular weight excluding hydrogens is 424 g/mol. The third-order valence-electron chi connectivity index (χ3n) is 5.79. The molecule has 10 heteroatoms. The fraction of sp³-hybridized carbons (Fsp3) is 0.348. The maximum Gasteiger partial charge on any atom is 0.258 e. The number of rotatable bonds is 7. The number of nitrogens with zero attached hydrogens (tertiary/aromatic N) is 6. The molecule has 3 heterocycles. The van der Waals surface area contributed by atoms with Crippen molar-refractivity contribution in [1.82, 2.24) is 30.0 Å². The zero-order valence-corrected chi connectivity index (χ0v) is 18.5. The number of aryl methyl sites for hydroxylation is 1. The molecule has 0 aliphatic carbocycles. The highest BCUT2D eigenvalue weighted by Gasteiger charge is 2.19. The van der Waals surface area contributed by atoms with Gasteiger partial charge in [-0.2, -0.15) is 4.98 Å². The van der Waals surface area contributed by atoms with Crippen LogP contribution in [0.5, 0.6) is 11.5 Å². The average molecular weight is 448 g/mol. The number of aromatic nitrogens is 5. The van der Waals surface area contributed by atoms with Crippen molar-refractivity contribution < 1.29 is 18.8 Å². The van der Waals surface area contributed by atoms with E-state index in [2.05, 4.69) is 20.5 Å². The highest BCUT2D eigenvalue weighted by Crippen LogP contribution is 2.30. The number of likely N-dealkylation sites (tertiary alicyclic amines) is 1. The molecule has 2 aromatic carbocycles. The summed E-state index contributed by atoms with van der Waals surface area (Å²) >= 11 is 0. The first-order chi connectivity index (χ1) is 16.1. The second-order valence-electron chi connectivity index (χ2n) is 7.88. The number of ether oxygens (including phenoxy) is 2. The molecule has 0 N–H and O–H groups in total. The summed E-state index contributed by atoms with van der Waals surface area (Å²) in [4.78, 5) is 18.8. The van der Waals surface area contributed by atoms with Gasteiger partial charge in [0.25, 0.3) is 5.89 Å². The quantitative estimate of drug-likeness (QED) is 0.424. The van der Waals surface area contributed by atoms with E-state index in [9.17, 15) is 4.79 Å². The van der Waals surface area contributed by atoms with E-state index in [0.29, 0.717) is 47.3 Å². The van der Waals surface area contributed by atoms with Crippen molar-refractivity contribution in [3.63, 3.8) is 0 Å². The predicted octanol–water partition coefficient (Wildman–Crippen LogP) is 3.18. The van der Waals surface area contributed by atoms with Gasteiger partial charge in [0, 0.05) is 36.7 Å². The predicted molar refractivity (Wildman–Crippen MR) is 120 cm³/mol. The summed E-state index contributed by atoms with van der Waals surface area (Å²) < 4.78 is 17.9. The van der Waals surface area contributed by atoms with Crippen LogP contribution in [0.15, 0.2) is 40.9 Å². The van der Waals surface area contributed by atoms with Crippen LogP contribution in [-0.4, -0.2) is 63.3 Å². The Labute approximate surface area is 190 Å². The SMILES string of the molecule is COc1cc(OC)cc(-c2nc(-c3ccc4c(c3)nnn4CCC(=O)N3CCCC3)no2)c1. The van der Waals surface area contributed by atoms with Crippen molar-refractivity contribution in [2.45, 2.75) is 25.8 Å². The summed E-state index contributed by atoms with van der Waals surface area (Å²) in [5.74, 6) is 2.22. The molecule has 1 amide bonds. The van der Waals surface area contributed by atoms with Gasteiger partial charge in [-0.3, -0.25) is 4.79 Å². The molecule has 1 aliphatic heterocycles. The number of carbonyl (C=O) groups is 1. The molecule has 10 nitrogen and oxygen atoms in total. The smallest absolute Gasteiger partial charge is 0.258 e. The van der Waals surface area contributed by atoms with Crippen LogP contribution in [-0.2, 0) is 11.3 Å². The minimum Gasteiger partial charge on any atom is -0.497 e. The summed E-state index contributed by atoms with van der Waals surface area (Å²) in [6.45, 7) is 2.21. The van der Waals surface area contributed by atoms with Gasteiger partial charge >= 0.3 is 0 Å². The van der Waals surface area contributed by atoms with Gasteiger partial charge < -0.3 is 18.9 Å². The monoisotopic (exact) mass is 448 g/mol. The lowest BCUT2D eigenvalue weighted by atomic mass is 10.1. The molecule has 0 atom stereocenters. The van der Waals surface area contributed by atoms with Crippen LogP contribution >= 0.6 is 0 Å². The summed E-state index contributed by atoms with van der Waals surface area (Å²) in [5.41, 5.74) is 3.01. The number of benzene rings is 2. The number of carbonyl (C=O) groups excluding carboxylic acids is 1. The van der Waals surface area contributed by atoms with Crippen molar-refractivity contribution in [3.8, 4) is 34.3 Å². The molecule has 170 valence electrons. The van der Waals surface area contributed by atoms with E-state index < -0.39 is 0 Å². The van der Waals surface area contributed by atoms with Gasteiger partial charge in [-0.05, 0) is 43.2 Å². The van der Waals surface area contributed by atoms with Gasteiger partial charge in [0.1, 0.15) is 17.0 Å². The number of hydrogen-bond donors (Lipinski definition) is 0. The van der Waals surface area contributed by atoms with Gasteiger partial charge in [0.2, 0.25) is 11.7 Å². The molecule has 1 aliphatic rings. The third-order valence-corrected chi connectivity index (χ3v) is 5.79. The molecule has 0 saturated carbocycles. The Morgan fingerprint density at radius 2 is 1.79 bits per heavy atom. The second-order valence-corrected chi connectivity index (χ2v) is 7.88. The molecule has 0 spiro atoms. The summed E-state index contributed by atoms with van der Waals surface area (Å²) in [6.07, 6.45) is 2.59. The van der Waals surface area contributed by atoms with Gasteiger partial charge in [0.15, 0.2) is 0 Å². The van der Waals surface area contributed by atoms with Gasteiger partial charge in [-0.15, -0.1) is 5.10 Å². The Bertz CT molecular complexity index is 1270. The minimum absolute atomic E-state index is 0.168. The highest BCUT2D eigenvalue weighted by molar-refractivity contribution is 5.80. The van der Waals surface area contributed by atoms with E-state index >= 15 is 0 Å². The first-order valence-corrected chi connectivity index (χ1v) is 10.8. The molecule has 33 heavy (non-hydrogen) atoms. The van der Waals surface area contributed by atoms with Crippen molar-refractivity contribution in [3.05, 3.63) is 36.4 Å². The molecule has 0 unspecified atom stereocenters. The summed E-state index contributed by atoms with van der Waals surface area (Å²) in [6, 6.07) is 11.1. The Morgan fingerprint density at radius 3 is 2.52 bits per heavy atom. The standard InChI is InChI=1S/C23H24N6O4/c1-31-17-11-16(12-18(14-17)32-2)23-24-22(26-33-23)15-5-6-20-19(13-15)25-27-29(20)10-7-21(30)28-8-3-4-9-28/h5-6,11-14H,3-4,7-10H2,1-2H3. The van der Waals surface area contributed by atoms with Crippen LogP contribution in [0.25, 0.3) is 33.9 Å². The first kappa shape index (κ1) is 20.9. The fourth-order valence-corrected chi connectivity index (χ4v) is 3.99. The van der Waals surface area contributed by atoms with Crippen molar-refractivity contribution in [2.75, 3.05) is 27.3 Å². The Balaban J connectivity index is 1.35. The molecule has 2 aromatic heterocycles. The normalized spacial score (nSPS) is 13.6. The maximum absolute atomic E-state index is 12.3. The molecule has 1 fully saturated rings. The van der Waals surface area contributed by atoms with Gasteiger partial charge in [-0.1, -0.05) is 10.4 Å². The van der Waals surface area contributed by atoms with Crippen LogP contribution in [0.4, 0.5) is 0 Å². The zero-order chi connectivity index (χ0) is 22.8. The largest absolute Gasteiger partial charge is 0.497 e. The first-order valence-electron chi connectivity index (χ1n) is 10.8. The molecule has 0 bridgehead atoms. The fourth-order valence-electron chi connectivity index (χ4n) is 3.99. The Hall–Kier alpha value is -3.95. The van der Waals surface area contributed by atoms with Crippen molar-refractivity contribution in [1.29, 1.82) is 0 Å². The van der Waals surface area contributed by atoms with Crippen LogP contribution in [0, 0.1) is 0 Å². The lowest BCUT2D eigenvalue weighted by Gasteiger charge is -2.14. The Morgan fingerprint density at radius 1 is 1.03 bits per heavy atom. The minimum atomic E-state index is 0.168. The molecule has 1 saturated heterocycles. The van der Waals surface area contributed by atoms with Crippen LogP contribution in [0.2, 0.25) is 0 Å². The Kier molecular flexibility index (Phi) is 5.64. The van der Waals surface area contributed by atoms with E-state index in [0.717, 1.165) is 37.0 Å². The lowest BCUT2D eigenvalue weighted by Crippen LogP contribution is -2.28. The van der Waals surface area contributed by atoms with E-state index in [1.807, 2.05) is 23.1 Å². The second kappa shape index (κ2) is 8.89. The van der Waals surface area contributed by atoms with Crippen LogP contribution in [0.3, 0.4) is 0 Å². The number of amides is 1. The van der Waals surface area contributed by atoms with Crippen LogP contribution in [0.1, 0.15) is 19.3 Å². The maximum atomic E-state index is 12.3. The molecule has 0 radical (unpaired) electrons. The molecular formula is C23H24N6O4. The number of hydrogen-bond acceptors (Lipinski definition) is 8. The summed E-state index contributed by atoms with van der Waals surface area (Å²) in [5, 5.41) is 12.6.